The van der Waals surface area contributed by atoms with E-state index in [0.29, 0.717) is 10.6 Å². The molecule has 110 valence electrons. The van der Waals surface area contributed by atoms with Crippen molar-refractivity contribution in [3.8, 4) is 11.4 Å². The first-order valence-electron chi connectivity index (χ1n) is 6.99. The summed E-state index contributed by atoms with van der Waals surface area (Å²) in [7, 11) is 0. The molecule has 0 spiro atoms. The molecule has 0 aliphatic heterocycles. The highest BCUT2D eigenvalue weighted by atomic mass is 32.1. The fraction of sp³-hybridized carbons (Fsp3) is 0.118. The van der Waals surface area contributed by atoms with Crippen molar-refractivity contribution in [1.29, 1.82) is 0 Å². The van der Waals surface area contributed by atoms with Crippen LogP contribution in [-0.4, -0.2) is 21.1 Å². The highest BCUT2D eigenvalue weighted by molar-refractivity contribution is 7.71. The van der Waals surface area contributed by atoms with Crippen LogP contribution in [0.4, 0.5) is 0 Å². The maximum absolute atomic E-state index is 5.27. The predicted octanol–water partition coefficient (Wildman–Crippen LogP) is 4.11. The van der Waals surface area contributed by atoms with Crippen molar-refractivity contribution in [2.45, 2.75) is 13.8 Å². The van der Waals surface area contributed by atoms with Gasteiger partial charge in [-0.25, -0.2) is 5.10 Å². The molecule has 0 bridgehead atoms. The molecule has 0 radical (unpaired) electrons. The molecule has 1 aromatic heterocycles. The van der Waals surface area contributed by atoms with Gasteiger partial charge in [-0.1, -0.05) is 53.6 Å². The number of aryl methyl sites for hydroxylation is 2. The average Bonchev–Trinajstić information content (AvgIpc) is 2.88. The lowest BCUT2D eigenvalue weighted by Crippen LogP contribution is -1.95. The molecular formula is C17H16N4S. The third-order valence-corrected chi connectivity index (χ3v) is 3.59. The summed E-state index contributed by atoms with van der Waals surface area (Å²) in [5.74, 6) is 0.706. The summed E-state index contributed by atoms with van der Waals surface area (Å²) < 4.78 is 2.11. The van der Waals surface area contributed by atoms with Crippen LogP contribution in [0.3, 0.4) is 0 Å². The van der Waals surface area contributed by atoms with Gasteiger partial charge in [-0.05, 0) is 37.7 Å². The molecule has 0 aliphatic carbocycles. The lowest BCUT2D eigenvalue weighted by molar-refractivity contribution is 0.871. The summed E-state index contributed by atoms with van der Waals surface area (Å²) in [5, 5.41) is 11.6. The minimum Gasteiger partial charge on any atom is -0.250 e. The summed E-state index contributed by atoms with van der Waals surface area (Å²) in [5.41, 5.74) is 4.38. The first-order chi connectivity index (χ1) is 10.6. The maximum Gasteiger partial charge on any atom is 0.216 e. The molecule has 2 aromatic carbocycles. The van der Waals surface area contributed by atoms with Crippen molar-refractivity contribution in [2.24, 2.45) is 5.10 Å². The van der Waals surface area contributed by atoms with Crippen LogP contribution in [0.5, 0.6) is 0 Å². The molecule has 3 aromatic rings. The highest BCUT2D eigenvalue weighted by Crippen LogP contribution is 2.18. The number of benzene rings is 2. The number of hydrogen-bond donors (Lipinski definition) is 1. The number of rotatable bonds is 3. The Kier molecular flexibility index (Phi) is 3.98. The predicted molar refractivity (Wildman–Crippen MR) is 91.8 cm³/mol. The van der Waals surface area contributed by atoms with Crippen LogP contribution in [0.15, 0.2) is 53.6 Å². The summed E-state index contributed by atoms with van der Waals surface area (Å²) in [6.45, 7) is 4.10. The largest absolute Gasteiger partial charge is 0.250 e. The van der Waals surface area contributed by atoms with Gasteiger partial charge in [-0.2, -0.15) is 14.9 Å². The van der Waals surface area contributed by atoms with Gasteiger partial charge in [0.05, 0.1) is 6.21 Å². The third kappa shape index (κ3) is 3.04. The van der Waals surface area contributed by atoms with Gasteiger partial charge in [0, 0.05) is 5.56 Å². The van der Waals surface area contributed by atoms with Gasteiger partial charge in [-0.15, -0.1) is 0 Å². The fourth-order valence-corrected chi connectivity index (χ4v) is 2.33. The number of nitrogens with one attached hydrogen (secondary N) is 1. The summed E-state index contributed by atoms with van der Waals surface area (Å²) in [6.07, 6.45) is 1.78. The normalized spacial score (nSPS) is 11.2. The van der Waals surface area contributed by atoms with Gasteiger partial charge >= 0.3 is 0 Å². The second-order valence-corrected chi connectivity index (χ2v) is 5.58. The Balaban J connectivity index is 1.99. The van der Waals surface area contributed by atoms with E-state index >= 15 is 0 Å². The van der Waals surface area contributed by atoms with Crippen molar-refractivity contribution < 1.29 is 0 Å². The van der Waals surface area contributed by atoms with Gasteiger partial charge in [0.2, 0.25) is 4.77 Å². The van der Waals surface area contributed by atoms with Crippen LogP contribution in [0.1, 0.15) is 16.7 Å². The average molecular weight is 308 g/mol. The first-order valence-corrected chi connectivity index (χ1v) is 7.40. The Morgan fingerprint density at radius 2 is 1.86 bits per heavy atom. The van der Waals surface area contributed by atoms with E-state index in [-0.39, 0.29) is 0 Å². The molecule has 5 heteroatoms. The number of aromatic amines is 1. The Bertz CT molecular complexity index is 872. The summed E-state index contributed by atoms with van der Waals surface area (Å²) in [6, 6.07) is 16.2. The Morgan fingerprint density at radius 1 is 1.09 bits per heavy atom. The van der Waals surface area contributed by atoms with E-state index in [1.165, 1.54) is 11.1 Å². The molecule has 0 amide bonds. The number of hydrogen-bond acceptors (Lipinski definition) is 3. The highest BCUT2D eigenvalue weighted by Gasteiger charge is 2.07. The van der Waals surface area contributed by atoms with E-state index in [2.05, 4.69) is 40.4 Å². The molecule has 1 heterocycles. The molecular weight excluding hydrogens is 292 g/mol. The monoisotopic (exact) mass is 308 g/mol. The van der Waals surface area contributed by atoms with Crippen LogP contribution in [0.25, 0.3) is 11.4 Å². The summed E-state index contributed by atoms with van der Waals surface area (Å²) in [4.78, 5) is 0. The third-order valence-electron chi connectivity index (χ3n) is 3.33. The zero-order valence-electron chi connectivity index (χ0n) is 12.4. The standard InChI is InChI=1S/C17H16N4S/c1-12-6-8-14(9-7-12)11-18-21-16(19-20-17(21)22)15-5-3-4-13(2)10-15/h3-11H,1-2H3,(H,20,22)/b18-11-. The van der Waals surface area contributed by atoms with Crippen LogP contribution in [0, 0.1) is 18.6 Å². The minimum atomic E-state index is 0.472. The minimum absolute atomic E-state index is 0.472. The van der Waals surface area contributed by atoms with E-state index < -0.39 is 0 Å². The van der Waals surface area contributed by atoms with E-state index in [1.54, 1.807) is 10.9 Å². The van der Waals surface area contributed by atoms with Gasteiger partial charge in [-0.3, -0.25) is 0 Å². The van der Waals surface area contributed by atoms with Gasteiger partial charge in [0.25, 0.3) is 0 Å². The zero-order chi connectivity index (χ0) is 15.5. The molecule has 0 aliphatic rings. The SMILES string of the molecule is Cc1ccc(/C=N\n2c(-c3cccc(C)c3)n[nH]c2=S)cc1. The van der Waals surface area contributed by atoms with Crippen molar-refractivity contribution >= 4 is 18.4 Å². The molecule has 0 atom stereocenters. The quantitative estimate of drug-likeness (QED) is 0.584. The molecule has 22 heavy (non-hydrogen) atoms. The maximum atomic E-state index is 5.27. The lowest BCUT2D eigenvalue weighted by atomic mass is 10.1. The van der Waals surface area contributed by atoms with Crippen LogP contribution in [-0.2, 0) is 0 Å². The molecule has 0 fully saturated rings. The number of H-pyrrole nitrogens is 1. The van der Waals surface area contributed by atoms with Crippen molar-refractivity contribution in [3.63, 3.8) is 0 Å². The van der Waals surface area contributed by atoms with E-state index in [0.717, 1.165) is 11.1 Å². The van der Waals surface area contributed by atoms with Gasteiger partial charge in [0.1, 0.15) is 0 Å². The lowest BCUT2D eigenvalue weighted by Gasteiger charge is -2.02. The van der Waals surface area contributed by atoms with Crippen molar-refractivity contribution in [1.82, 2.24) is 14.9 Å². The van der Waals surface area contributed by atoms with Crippen molar-refractivity contribution in [2.75, 3.05) is 0 Å². The molecule has 0 saturated carbocycles. The van der Waals surface area contributed by atoms with E-state index in [9.17, 15) is 0 Å². The number of nitrogens with zero attached hydrogens (tertiary/aromatic N) is 3. The van der Waals surface area contributed by atoms with E-state index in [4.69, 9.17) is 12.2 Å². The molecule has 1 N–H and O–H groups in total. The smallest absolute Gasteiger partial charge is 0.216 e. The topological polar surface area (TPSA) is 46.0 Å². The Morgan fingerprint density at radius 3 is 2.59 bits per heavy atom. The van der Waals surface area contributed by atoms with Crippen LogP contribution in [0.2, 0.25) is 0 Å². The first kappa shape index (κ1) is 14.4. The van der Waals surface area contributed by atoms with E-state index in [1.807, 2.05) is 37.3 Å². The molecule has 0 unspecified atom stereocenters. The Labute approximate surface area is 134 Å². The summed E-state index contributed by atoms with van der Waals surface area (Å²) >= 11 is 5.27. The van der Waals surface area contributed by atoms with Crippen LogP contribution < -0.4 is 0 Å². The number of aromatic nitrogens is 3. The zero-order valence-corrected chi connectivity index (χ0v) is 13.3. The van der Waals surface area contributed by atoms with Gasteiger partial charge in [0.15, 0.2) is 5.82 Å². The molecule has 4 nitrogen and oxygen atoms in total. The molecule has 3 rings (SSSR count). The molecule has 0 saturated heterocycles. The van der Waals surface area contributed by atoms with Gasteiger partial charge < -0.3 is 0 Å². The van der Waals surface area contributed by atoms with Crippen LogP contribution >= 0.6 is 12.2 Å². The second-order valence-electron chi connectivity index (χ2n) is 5.19. The fourth-order valence-electron chi connectivity index (χ4n) is 2.15. The second kappa shape index (κ2) is 6.07. The van der Waals surface area contributed by atoms with Crippen molar-refractivity contribution in [3.05, 3.63) is 70.0 Å². The Hall–Kier alpha value is -2.53.